The molecule has 8 heteroatoms. The van der Waals surface area contributed by atoms with E-state index in [-0.39, 0.29) is 27.5 Å². The van der Waals surface area contributed by atoms with Gasteiger partial charge in [-0.15, -0.1) is 0 Å². The van der Waals surface area contributed by atoms with Gasteiger partial charge in [0.2, 0.25) is 5.60 Å². The van der Waals surface area contributed by atoms with Crippen LogP contribution in [0.2, 0.25) is 5.02 Å². The van der Waals surface area contributed by atoms with E-state index in [4.69, 9.17) is 21.4 Å². The van der Waals surface area contributed by atoms with Gasteiger partial charge in [0, 0.05) is 16.7 Å². The second-order valence-electron chi connectivity index (χ2n) is 5.26. The van der Waals surface area contributed by atoms with Crippen molar-refractivity contribution >= 4 is 17.6 Å². The molecule has 4 nitrogen and oxygen atoms in total. The Balaban J connectivity index is 2.25. The molecule has 3 rings (SSSR count). The summed E-state index contributed by atoms with van der Waals surface area (Å²) in [7, 11) is 0. The lowest BCUT2D eigenvalue weighted by molar-refractivity contribution is -0.246. The highest BCUT2D eigenvalue weighted by atomic mass is 35.5. The molecular formula is C16H10ClF3O4. The molecular weight excluding hydrogens is 349 g/mol. The highest BCUT2D eigenvalue weighted by molar-refractivity contribution is 6.34. The zero-order valence-corrected chi connectivity index (χ0v) is 12.6. The van der Waals surface area contributed by atoms with Crippen LogP contribution in [0.3, 0.4) is 0 Å². The van der Waals surface area contributed by atoms with Crippen molar-refractivity contribution < 1.29 is 32.9 Å². The van der Waals surface area contributed by atoms with Gasteiger partial charge < -0.3 is 14.9 Å². The van der Waals surface area contributed by atoms with Crippen LogP contribution in [0.1, 0.15) is 11.1 Å². The Morgan fingerprint density at radius 3 is 2.50 bits per heavy atom. The molecule has 0 spiro atoms. The largest absolute Gasteiger partial charge is 0.482 e. The normalized spacial score (nSPS) is 18.9. The fourth-order valence-electron chi connectivity index (χ4n) is 2.84. The minimum atomic E-state index is -5.00. The van der Waals surface area contributed by atoms with Crippen LogP contribution < -0.4 is 4.74 Å². The van der Waals surface area contributed by atoms with Crippen molar-refractivity contribution in [2.24, 2.45) is 0 Å². The maximum atomic E-state index is 13.7. The lowest BCUT2D eigenvalue weighted by atomic mass is 9.90. The second-order valence-corrected chi connectivity index (χ2v) is 5.67. The van der Waals surface area contributed by atoms with Gasteiger partial charge in [0.05, 0.1) is 5.02 Å². The summed E-state index contributed by atoms with van der Waals surface area (Å²) in [5, 5.41) is 19.1. The molecule has 0 fully saturated rings. The summed E-state index contributed by atoms with van der Waals surface area (Å²) in [5.74, 6) is -1.46. The van der Waals surface area contributed by atoms with E-state index in [2.05, 4.69) is 0 Å². The number of aliphatic hydroxyl groups is 1. The predicted octanol–water partition coefficient (Wildman–Crippen LogP) is 3.58. The quantitative estimate of drug-likeness (QED) is 0.880. The van der Waals surface area contributed by atoms with Gasteiger partial charge in [-0.1, -0.05) is 35.9 Å². The molecule has 24 heavy (non-hydrogen) atoms. The van der Waals surface area contributed by atoms with Gasteiger partial charge in [0.15, 0.2) is 6.61 Å². The van der Waals surface area contributed by atoms with Gasteiger partial charge in [-0.25, -0.2) is 4.79 Å². The summed E-state index contributed by atoms with van der Waals surface area (Å²) < 4.78 is 45.9. The molecule has 2 aromatic rings. The highest BCUT2D eigenvalue weighted by Crippen LogP contribution is 2.57. The number of fused-ring (bicyclic) bond motifs is 3. The van der Waals surface area contributed by atoms with Gasteiger partial charge in [-0.3, -0.25) is 0 Å². The first kappa shape index (κ1) is 16.6. The third kappa shape index (κ3) is 2.32. The van der Waals surface area contributed by atoms with E-state index >= 15 is 0 Å². The lowest BCUT2D eigenvalue weighted by Crippen LogP contribution is -2.41. The van der Waals surface area contributed by atoms with Crippen LogP contribution in [0.5, 0.6) is 5.75 Å². The van der Waals surface area contributed by atoms with Crippen LogP contribution in [-0.2, 0) is 10.4 Å². The molecule has 0 amide bonds. The first-order valence-corrected chi connectivity index (χ1v) is 7.11. The molecule has 0 aliphatic heterocycles. The van der Waals surface area contributed by atoms with Crippen LogP contribution in [0.25, 0.3) is 11.1 Å². The van der Waals surface area contributed by atoms with E-state index in [1.54, 1.807) is 0 Å². The standard InChI is InChI=1S/C16H10ClF3O4/c17-12-6-8(24-7-13(21)22)5-11-14(12)9-3-1-2-4-10(9)15(11,23)16(18,19)20/h1-6,23H,7H2,(H,21,22). The average Bonchev–Trinajstić information content (AvgIpc) is 2.76. The number of hydrogen-bond donors (Lipinski definition) is 2. The SMILES string of the molecule is O=C(O)COc1cc(Cl)c2c(c1)C(O)(C(F)(F)F)c1ccccc1-2. The predicted molar refractivity (Wildman–Crippen MR) is 79.1 cm³/mol. The fraction of sp³-hybridized carbons (Fsp3) is 0.188. The molecule has 0 heterocycles. The monoisotopic (exact) mass is 358 g/mol. The average molecular weight is 359 g/mol. The zero-order valence-electron chi connectivity index (χ0n) is 11.9. The van der Waals surface area contributed by atoms with Gasteiger partial charge in [-0.05, 0) is 17.7 Å². The fourth-order valence-corrected chi connectivity index (χ4v) is 3.15. The first-order chi connectivity index (χ1) is 11.2. The molecule has 0 saturated carbocycles. The van der Waals surface area contributed by atoms with Crippen LogP contribution in [0.15, 0.2) is 36.4 Å². The Morgan fingerprint density at radius 1 is 1.21 bits per heavy atom. The second kappa shape index (κ2) is 5.39. The summed E-state index contributed by atoms with van der Waals surface area (Å²) >= 11 is 6.09. The van der Waals surface area contributed by atoms with Crippen molar-refractivity contribution in [1.29, 1.82) is 0 Å². The Hall–Kier alpha value is -2.25. The van der Waals surface area contributed by atoms with Crippen LogP contribution >= 0.6 is 11.6 Å². The first-order valence-electron chi connectivity index (χ1n) is 6.74. The number of carboxylic acid groups (broad SMARTS) is 1. The zero-order chi connectivity index (χ0) is 17.7. The Morgan fingerprint density at radius 2 is 1.88 bits per heavy atom. The number of halogens is 4. The maximum absolute atomic E-state index is 13.7. The summed E-state index contributed by atoms with van der Waals surface area (Å²) in [4.78, 5) is 10.6. The molecule has 126 valence electrons. The molecule has 0 saturated heterocycles. The highest BCUT2D eigenvalue weighted by Gasteiger charge is 2.61. The lowest BCUT2D eigenvalue weighted by Gasteiger charge is -2.28. The Bertz CT molecular complexity index is 835. The minimum Gasteiger partial charge on any atom is -0.482 e. The molecule has 0 radical (unpaired) electrons. The number of carbonyl (C=O) groups is 1. The molecule has 2 N–H and O–H groups in total. The topological polar surface area (TPSA) is 66.8 Å². The number of rotatable bonds is 3. The van der Waals surface area contributed by atoms with E-state index in [0.717, 1.165) is 6.07 Å². The molecule has 1 atom stereocenters. The van der Waals surface area contributed by atoms with Gasteiger partial charge >= 0.3 is 12.1 Å². The minimum absolute atomic E-state index is 0.0507. The number of alkyl halides is 3. The summed E-state index contributed by atoms with van der Waals surface area (Å²) in [6.45, 7) is -0.744. The van der Waals surface area contributed by atoms with Crippen molar-refractivity contribution in [3.63, 3.8) is 0 Å². The number of benzene rings is 2. The molecule has 0 aromatic heterocycles. The maximum Gasteiger partial charge on any atom is 0.425 e. The molecule has 1 aliphatic rings. The van der Waals surface area contributed by atoms with Crippen LogP contribution in [0.4, 0.5) is 13.2 Å². The van der Waals surface area contributed by atoms with Crippen molar-refractivity contribution in [2.45, 2.75) is 11.8 Å². The van der Waals surface area contributed by atoms with E-state index < -0.39 is 29.9 Å². The van der Waals surface area contributed by atoms with Crippen molar-refractivity contribution in [3.8, 4) is 16.9 Å². The smallest absolute Gasteiger partial charge is 0.425 e. The van der Waals surface area contributed by atoms with Gasteiger partial charge in [-0.2, -0.15) is 13.2 Å². The van der Waals surface area contributed by atoms with Gasteiger partial charge in [0.1, 0.15) is 5.75 Å². The van der Waals surface area contributed by atoms with E-state index in [9.17, 15) is 23.1 Å². The Labute approximate surface area is 139 Å². The van der Waals surface area contributed by atoms with Crippen LogP contribution in [0, 0.1) is 0 Å². The van der Waals surface area contributed by atoms with E-state index in [1.807, 2.05) is 0 Å². The third-order valence-electron chi connectivity index (χ3n) is 3.81. The molecule has 1 unspecified atom stereocenters. The number of carboxylic acids is 1. The van der Waals surface area contributed by atoms with Gasteiger partial charge in [0.25, 0.3) is 0 Å². The molecule has 2 aromatic carbocycles. The van der Waals surface area contributed by atoms with Crippen molar-refractivity contribution in [3.05, 3.63) is 52.5 Å². The molecule has 1 aliphatic carbocycles. The van der Waals surface area contributed by atoms with Crippen LogP contribution in [-0.4, -0.2) is 29.0 Å². The number of ether oxygens (including phenoxy) is 1. The third-order valence-corrected chi connectivity index (χ3v) is 4.11. The summed E-state index contributed by atoms with van der Waals surface area (Å²) in [6, 6.07) is 7.73. The van der Waals surface area contributed by atoms with Crippen molar-refractivity contribution in [2.75, 3.05) is 6.61 Å². The van der Waals surface area contributed by atoms with E-state index in [1.165, 1.54) is 30.3 Å². The molecule has 0 bridgehead atoms. The summed E-state index contributed by atoms with van der Waals surface area (Å²) in [5.41, 5.74) is -3.84. The number of aliphatic carboxylic acids is 1. The number of hydrogen-bond acceptors (Lipinski definition) is 3. The Kier molecular flexibility index (Phi) is 3.73. The van der Waals surface area contributed by atoms with E-state index in [0.29, 0.717) is 0 Å². The van der Waals surface area contributed by atoms with Crippen molar-refractivity contribution in [1.82, 2.24) is 0 Å². The summed E-state index contributed by atoms with van der Waals surface area (Å²) in [6.07, 6.45) is -5.00.